The van der Waals surface area contributed by atoms with Crippen LogP contribution in [0.25, 0.3) is 0 Å². The average molecular weight is 569 g/mol. The van der Waals surface area contributed by atoms with Crippen molar-refractivity contribution in [2.75, 3.05) is 52.5 Å². The first-order chi connectivity index (χ1) is 14.6. The number of nitrogens with one attached hydrogen (secondary N) is 2. The molecule has 2 unspecified atom stereocenters. The molecule has 2 aliphatic rings. The Morgan fingerprint density at radius 3 is 2.74 bits per heavy atom. The van der Waals surface area contributed by atoms with E-state index in [0.717, 1.165) is 38.9 Å². The maximum absolute atomic E-state index is 14.7. The Balaban J connectivity index is 0.00000341. The molecule has 9 heteroatoms. The molecule has 0 bridgehead atoms. The Labute approximate surface area is 207 Å². The molecule has 2 heterocycles. The number of hydrogen-bond acceptors (Lipinski definition) is 4. The predicted molar refractivity (Wildman–Crippen MR) is 134 cm³/mol. The molecular formula is C22H35ClFIN4O2. The Bertz CT molecular complexity index is 693. The summed E-state index contributed by atoms with van der Waals surface area (Å²) >= 11 is 6.40. The first kappa shape index (κ1) is 26.6. The van der Waals surface area contributed by atoms with E-state index in [1.807, 2.05) is 6.92 Å². The summed E-state index contributed by atoms with van der Waals surface area (Å²) < 4.78 is 20.3. The van der Waals surface area contributed by atoms with Crippen molar-refractivity contribution in [1.82, 2.24) is 15.5 Å². The van der Waals surface area contributed by atoms with Crippen LogP contribution in [-0.2, 0) is 4.74 Å². The molecule has 0 aromatic heterocycles. The molecule has 0 saturated carbocycles. The fraction of sp³-hybridized carbons (Fsp3) is 0.682. The maximum Gasteiger partial charge on any atom is 0.191 e. The van der Waals surface area contributed by atoms with Gasteiger partial charge < -0.3 is 20.5 Å². The fourth-order valence-electron chi connectivity index (χ4n) is 4.37. The number of hydrogen-bond donors (Lipinski definition) is 3. The summed E-state index contributed by atoms with van der Waals surface area (Å²) in [7, 11) is 0. The van der Waals surface area contributed by atoms with Crippen LogP contribution in [0, 0.1) is 11.2 Å². The van der Waals surface area contributed by atoms with Gasteiger partial charge in [-0.05, 0) is 57.8 Å². The van der Waals surface area contributed by atoms with Crippen molar-refractivity contribution in [2.24, 2.45) is 10.4 Å². The number of ether oxygens (including phenoxy) is 1. The molecule has 3 rings (SSSR count). The van der Waals surface area contributed by atoms with Crippen molar-refractivity contribution in [3.05, 3.63) is 34.6 Å². The highest BCUT2D eigenvalue weighted by molar-refractivity contribution is 14.0. The van der Waals surface area contributed by atoms with Gasteiger partial charge in [-0.25, -0.2) is 4.39 Å². The molecule has 176 valence electrons. The lowest BCUT2D eigenvalue weighted by Crippen LogP contribution is -2.43. The van der Waals surface area contributed by atoms with Gasteiger partial charge in [-0.15, -0.1) is 24.0 Å². The second kappa shape index (κ2) is 13.1. The van der Waals surface area contributed by atoms with Crippen LogP contribution in [0.3, 0.4) is 0 Å². The van der Waals surface area contributed by atoms with Crippen molar-refractivity contribution < 1.29 is 14.2 Å². The third-order valence-electron chi connectivity index (χ3n) is 6.12. The smallest absolute Gasteiger partial charge is 0.191 e. The summed E-state index contributed by atoms with van der Waals surface area (Å²) in [5.74, 6) is 0.423. The lowest BCUT2D eigenvalue weighted by Gasteiger charge is -2.30. The van der Waals surface area contributed by atoms with Crippen LogP contribution < -0.4 is 10.6 Å². The zero-order valence-corrected chi connectivity index (χ0v) is 21.3. The number of nitrogens with zero attached hydrogens (tertiary/aromatic N) is 2. The zero-order valence-electron chi connectivity index (χ0n) is 18.2. The monoisotopic (exact) mass is 568 g/mol. The van der Waals surface area contributed by atoms with Crippen LogP contribution in [0.1, 0.15) is 44.2 Å². The normalized spacial score (nSPS) is 22.9. The van der Waals surface area contributed by atoms with Gasteiger partial charge in [0.05, 0.1) is 19.2 Å². The summed E-state index contributed by atoms with van der Waals surface area (Å²) in [6.07, 6.45) is 3.80. The average Bonchev–Trinajstić information content (AvgIpc) is 3.41. The second-order valence-corrected chi connectivity index (χ2v) is 8.65. The van der Waals surface area contributed by atoms with Crippen LogP contribution in [0.5, 0.6) is 0 Å². The van der Waals surface area contributed by atoms with Gasteiger partial charge in [-0.3, -0.25) is 9.89 Å². The second-order valence-electron chi connectivity index (χ2n) is 8.25. The Morgan fingerprint density at radius 1 is 1.35 bits per heavy atom. The van der Waals surface area contributed by atoms with E-state index < -0.39 is 0 Å². The first-order valence-corrected chi connectivity index (χ1v) is 11.3. The predicted octanol–water partition coefficient (Wildman–Crippen LogP) is 3.58. The zero-order chi connectivity index (χ0) is 21.4. The summed E-state index contributed by atoms with van der Waals surface area (Å²) in [6, 6.07) is 4.71. The summed E-state index contributed by atoms with van der Waals surface area (Å²) in [6.45, 7) is 7.16. The van der Waals surface area contributed by atoms with Crippen molar-refractivity contribution >= 4 is 41.5 Å². The number of guanidine groups is 1. The highest BCUT2D eigenvalue weighted by Crippen LogP contribution is 2.33. The lowest BCUT2D eigenvalue weighted by atomic mass is 9.84. The van der Waals surface area contributed by atoms with Crippen LogP contribution in [0.15, 0.2) is 23.2 Å². The summed E-state index contributed by atoms with van der Waals surface area (Å²) in [4.78, 5) is 7.07. The minimum atomic E-state index is -0.270. The molecule has 6 nitrogen and oxygen atoms in total. The minimum absolute atomic E-state index is 0. The van der Waals surface area contributed by atoms with Crippen LogP contribution in [0.2, 0.25) is 5.02 Å². The molecule has 2 saturated heterocycles. The van der Waals surface area contributed by atoms with Gasteiger partial charge in [0.2, 0.25) is 0 Å². The SMILES string of the molecule is CCNC(=NCC1(CCO)CCOC1)NCC(c1c(F)cccc1Cl)N1CCCC1.I. The molecule has 1 aromatic rings. The molecular weight excluding hydrogens is 534 g/mol. The quantitative estimate of drug-likeness (QED) is 0.241. The molecule has 31 heavy (non-hydrogen) atoms. The molecule has 0 aliphatic carbocycles. The number of benzene rings is 1. The van der Waals surface area contributed by atoms with Gasteiger partial charge in [0, 0.05) is 42.3 Å². The standard InChI is InChI=1S/C22H34ClFN4O2.HI/c1-2-25-21(27-15-22(8-12-29)9-13-30-16-22)26-14-19(28-10-3-4-11-28)20-17(23)6-5-7-18(20)24;/h5-7,19,29H,2-4,8-16H2,1H3,(H2,25,26,27);1H. The largest absolute Gasteiger partial charge is 0.396 e. The van der Waals surface area contributed by atoms with Gasteiger partial charge in [-0.1, -0.05) is 17.7 Å². The molecule has 0 radical (unpaired) electrons. The van der Waals surface area contributed by atoms with Gasteiger partial charge in [0.25, 0.3) is 0 Å². The number of rotatable bonds is 9. The van der Waals surface area contributed by atoms with Crippen molar-refractivity contribution in [3.63, 3.8) is 0 Å². The van der Waals surface area contributed by atoms with E-state index in [2.05, 4.69) is 15.5 Å². The third kappa shape index (κ3) is 7.15. The van der Waals surface area contributed by atoms with Gasteiger partial charge in [-0.2, -0.15) is 0 Å². The Kier molecular flexibility index (Phi) is 11.3. The van der Waals surface area contributed by atoms with E-state index >= 15 is 0 Å². The molecule has 0 spiro atoms. The van der Waals surface area contributed by atoms with E-state index in [0.29, 0.717) is 49.3 Å². The fourth-order valence-corrected chi connectivity index (χ4v) is 4.65. The number of aliphatic imine (C=N–C) groups is 1. The van der Waals surface area contributed by atoms with Crippen LogP contribution >= 0.6 is 35.6 Å². The third-order valence-corrected chi connectivity index (χ3v) is 6.45. The molecule has 0 amide bonds. The van der Waals surface area contributed by atoms with Crippen LogP contribution in [-0.4, -0.2) is 68.5 Å². The minimum Gasteiger partial charge on any atom is -0.396 e. The highest BCUT2D eigenvalue weighted by Gasteiger charge is 2.34. The molecule has 2 aliphatic heterocycles. The molecule has 2 fully saturated rings. The number of halogens is 3. The maximum atomic E-state index is 14.7. The summed E-state index contributed by atoms with van der Waals surface area (Å²) in [5.41, 5.74) is 0.436. The van der Waals surface area contributed by atoms with E-state index in [4.69, 9.17) is 21.3 Å². The Hall–Kier alpha value is -0.680. The number of aliphatic hydroxyl groups excluding tert-OH is 1. The van der Waals surface area contributed by atoms with Gasteiger partial charge in [0.1, 0.15) is 5.82 Å². The van der Waals surface area contributed by atoms with Crippen molar-refractivity contribution in [2.45, 2.75) is 38.6 Å². The number of aliphatic hydroxyl groups is 1. The molecule has 2 atom stereocenters. The lowest BCUT2D eigenvalue weighted by molar-refractivity contribution is 0.131. The molecule has 3 N–H and O–H groups in total. The highest BCUT2D eigenvalue weighted by atomic mass is 127. The van der Waals surface area contributed by atoms with Crippen LogP contribution in [0.4, 0.5) is 4.39 Å². The van der Waals surface area contributed by atoms with E-state index in [1.165, 1.54) is 6.07 Å². The number of likely N-dealkylation sites (tertiary alicyclic amines) is 1. The first-order valence-electron chi connectivity index (χ1n) is 11.0. The van der Waals surface area contributed by atoms with Crippen molar-refractivity contribution in [3.8, 4) is 0 Å². The van der Waals surface area contributed by atoms with Crippen molar-refractivity contribution in [1.29, 1.82) is 0 Å². The van der Waals surface area contributed by atoms with E-state index in [9.17, 15) is 9.50 Å². The van der Waals surface area contributed by atoms with E-state index in [-0.39, 0.29) is 47.9 Å². The Morgan fingerprint density at radius 2 is 2.13 bits per heavy atom. The van der Waals surface area contributed by atoms with E-state index in [1.54, 1.807) is 12.1 Å². The van der Waals surface area contributed by atoms with Gasteiger partial charge in [0.15, 0.2) is 5.96 Å². The molecule has 1 aromatic carbocycles. The van der Waals surface area contributed by atoms with Gasteiger partial charge >= 0.3 is 0 Å². The summed E-state index contributed by atoms with van der Waals surface area (Å²) in [5, 5.41) is 16.6. The topological polar surface area (TPSA) is 69.1 Å².